The Bertz CT molecular complexity index is 125. The molecule has 2 N–H and O–H groups in total. The molecule has 2 atom stereocenters. The van der Waals surface area contributed by atoms with Crippen LogP contribution in [-0.2, 0) is 0 Å². The van der Waals surface area contributed by atoms with E-state index in [-0.39, 0.29) is 0 Å². The zero-order valence-corrected chi connectivity index (χ0v) is 6.92. The summed E-state index contributed by atoms with van der Waals surface area (Å²) in [5.41, 5.74) is 0. The van der Waals surface area contributed by atoms with E-state index in [1.807, 2.05) is 6.08 Å². The van der Waals surface area contributed by atoms with Crippen molar-refractivity contribution in [2.45, 2.75) is 25.3 Å². The fourth-order valence-electron chi connectivity index (χ4n) is 1.76. The number of aliphatic hydroxyl groups is 1. The Balaban J connectivity index is 2.25. The minimum atomic E-state index is 0.328. The van der Waals surface area contributed by atoms with Gasteiger partial charge in [-0.05, 0) is 18.8 Å². The number of hydrogen-bond acceptors (Lipinski definition) is 2. The fourth-order valence-corrected chi connectivity index (χ4v) is 1.76. The molecule has 1 aliphatic rings. The van der Waals surface area contributed by atoms with E-state index in [4.69, 9.17) is 5.11 Å². The molecule has 0 heterocycles. The lowest BCUT2D eigenvalue weighted by Crippen LogP contribution is -2.33. The van der Waals surface area contributed by atoms with Gasteiger partial charge in [0.2, 0.25) is 0 Å². The summed E-state index contributed by atoms with van der Waals surface area (Å²) in [6.07, 6.45) is 5.50. The molecule has 0 aromatic carbocycles. The molecular weight excluding hydrogens is 138 g/mol. The first-order chi connectivity index (χ1) is 5.38. The summed E-state index contributed by atoms with van der Waals surface area (Å²) < 4.78 is 0. The molecule has 0 bridgehead atoms. The average molecular weight is 155 g/mol. The number of rotatable bonds is 4. The van der Waals surface area contributed by atoms with Crippen molar-refractivity contribution in [3.05, 3.63) is 12.7 Å². The van der Waals surface area contributed by atoms with Gasteiger partial charge in [-0.1, -0.05) is 12.5 Å². The topological polar surface area (TPSA) is 32.3 Å². The Morgan fingerprint density at radius 2 is 2.36 bits per heavy atom. The standard InChI is InChI=1S/C9H17NO/c1-2-6-10-9-5-3-4-8(9)7-11/h2,8-11H,1,3-7H2/t8-,9-/m0/s1. The predicted octanol–water partition coefficient (Wildman–Crippen LogP) is 0.923. The van der Waals surface area contributed by atoms with Crippen molar-refractivity contribution in [2.24, 2.45) is 5.92 Å². The third-order valence-corrected chi connectivity index (χ3v) is 2.42. The zero-order valence-electron chi connectivity index (χ0n) is 6.92. The van der Waals surface area contributed by atoms with Crippen molar-refractivity contribution < 1.29 is 5.11 Å². The lowest BCUT2D eigenvalue weighted by molar-refractivity contribution is 0.207. The largest absolute Gasteiger partial charge is 0.396 e. The summed E-state index contributed by atoms with van der Waals surface area (Å²) in [4.78, 5) is 0. The number of hydrogen-bond donors (Lipinski definition) is 2. The number of aliphatic hydroxyl groups excluding tert-OH is 1. The third kappa shape index (κ3) is 2.31. The van der Waals surface area contributed by atoms with Crippen LogP contribution in [0.3, 0.4) is 0 Å². The molecule has 64 valence electrons. The highest BCUT2D eigenvalue weighted by Crippen LogP contribution is 2.24. The molecule has 1 rings (SSSR count). The van der Waals surface area contributed by atoms with E-state index < -0.39 is 0 Å². The minimum Gasteiger partial charge on any atom is -0.396 e. The van der Waals surface area contributed by atoms with Gasteiger partial charge in [0.1, 0.15) is 0 Å². The highest BCUT2D eigenvalue weighted by atomic mass is 16.3. The molecule has 0 saturated heterocycles. The molecule has 0 aromatic heterocycles. The second-order valence-electron chi connectivity index (χ2n) is 3.18. The van der Waals surface area contributed by atoms with Crippen molar-refractivity contribution in [1.82, 2.24) is 5.32 Å². The van der Waals surface area contributed by atoms with E-state index in [0.29, 0.717) is 18.6 Å². The first kappa shape index (κ1) is 8.75. The van der Waals surface area contributed by atoms with E-state index in [1.165, 1.54) is 19.3 Å². The van der Waals surface area contributed by atoms with Gasteiger partial charge < -0.3 is 10.4 Å². The van der Waals surface area contributed by atoms with Crippen molar-refractivity contribution in [2.75, 3.05) is 13.2 Å². The Kier molecular flexibility index (Phi) is 3.60. The Morgan fingerprint density at radius 1 is 1.55 bits per heavy atom. The maximum absolute atomic E-state index is 8.97. The van der Waals surface area contributed by atoms with Crippen molar-refractivity contribution >= 4 is 0 Å². The van der Waals surface area contributed by atoms with Crippen LogP contribution in [0.4, 0.5) is 0 Å². The molecular formula is C9H17NO. The summed E-state index contributed by atoms with van der Waals surface area (Å²) in [6, 6.07) is 0.526. The van der Waals surface area contributed by atoms with Gasteiger partial charge in [0.15, 0.2) is 0 Å². The number of nitrogens with one attached hydrogen (secondary N) is 1. The molecule has 0 unspecified atom stereocenters. The van der Waals surface area contributed by atoms with Crippen LogP contribution in [-0.4, -0.2) is 24.3 Å². The molecule has 2 heteroatoms. The Hall–Kier alpha value is -0.340. The Morgan fingerprint density at radius 3 is 3.00 bits per heavy atom. The van der Waals surface area contributed by atoms with Crippen molar-refractivity contribution in [3.8, 4) is 0 Å². The van der Waals surface area contributed by atoms with Crippen molar-refractivity contribution in [1.29, 1.82) is 0 Å². The van der Waals surface area contributed by atoms with E-state index in [1.54, 1.807) is 0 Å². The SMILES string of the molecule is C=CCN[C@H]1CCC[C@H]1CO. The minimum absolute atomic E-state index is 0.328. The van der Waals surface area contributed by atoms with Gasteiger partial charge in [-0.25, -0.2) is 0 Å². The first-order valence-corrected chi connectivity index (χ1v) is 4.33. The van der Waals surface area contributed by atoms with Crippen LogP contribution < -0.4 is 5.32 Å². The summed E-state index contributed by atoms with van der Waals surface area (Å²) >= 11 is 0. The third-order valence-electron chi connectivity index (χ3n) is 2.42. The summed E-state index contributed by atoms with van der Waals surface area (Å²) in [6.45, 7) is 4.84. The van der Waals surface area contributed by atoms with Crippen LogP contribution in [0.15, 0.2) is 12.7 Å². The van der Waals surface area contributed by atoms with Crippen LogP contribution in [0.2, 0.25) is 0 Å². The van der Waals surface area contributed by atoms with Gasteiger partial charge >= 0.3 is 0 Å². The highest BCUT2D eigenvalue weighted by Gasteiger charge is 2.25. The second-order valence-corrected chi connectivity index (χ2v) is 3.18. The molecule has 0 aromatic rings. The molecule has 0 spiro atoms. The Labute approximate surface area is 68.3 Å². The summed E-state index contributed by atoms with van der Waals surface area (Å²) in [5, 5.41) is 12.3. The zero-order chi connectivity index (χ0) is 8.10. The monoisotopic (exact) mass is 155 g/mol. The van der Waals surface area contributed by atoms with E-state index in [2.05, 4.69) is 11.9 Å². The average Bonchev–Trinajstić information content (AvgIpc) is 2.47. The van der Waals surface area contributed by atoms with Crippen LogP contribution in [0.1, 0.15) is 19.3 Å². The summed E-state index contributed by atoms with van der Waals surface area (Å²) in [5.74, 6) is 0.481. The van der Waals surface area contributed by atoms with Crippen molar-refractivity contribution in [3.63, 3.8) is 0 Å². The maximum atomic E-state index is 8.97. The van der Waals surface area contributed by atoms with Gasteiger partial charge in [0, 0.05) is 19.2 Å². The van der Waals surface area contributed by atoms with E-state index in [9.17, 15) is 0 Å². The molecule has 0 radical (unpaired) electrons. The second kappa shape index (κ2) is 4.52. The lowest BCUT2D eigenvalue weighted by Gasteiger charge is -2.17. The molecule has 2 nitrogen and oxygen atoms in total. The van der Waals surface area contributed by atoms with Gasteiger partial charge in [0.05, 0.1) is 0 Å². The first-order valence-electron chi connectivity index (χ1n) is 4.33. The molecule has 1 fully saturated rings. The van der Waals surface area contributed by atoms with Crippen LogP contribution >= 0.6 is 0 Å². The molecule has 11 heavy (non-hydrogen) atoms. The summed E-state index contributed by atoms with van der Waals surface area (Å²) in [7, 11) is 0. The van der Waals surface area contributed by atoms with Gasteiger partial charge in [-0.2, -0.15) is 0 Å². The van der Waals surface area contributed by atoms with Gasteiger partial charge in [0.25, 0.3) is 0 Å². The molecule has 0 aliphatic heterocycles. The van der Waals surface area contributed by atoms with Crippen LogP contribution in [0, 0.1) is 5.92 Å². The van der Waals surface area contributed by atoms with Crippen LogP contribution in [0.5, 0.6) is 0 Å². The van der Waals surface area contributed by atoms with Crippen LogP contribution in [0.25, 0.3) is 0 Å². The molecule has 1 saturated carbocycles. The smallest absolute Gasteiger partial charge is 0.0474 e. The molecule has 1 aliphatic carbocycles. The van der Waals surface area contributed by atoms with E-state index >= 15 is 0 Å². The fraction of sp³-hybridized carbons (Fsp3) is 0.778. The normalized spacial score (nSPS) is 30.6. The predicted molar refractivity (Wildman–Crippen MR) is 46.4 cm³/mol. The quantitative estimate of drug-likeness (QED) is 0.592. The van der Waals surface area contributed by atoms with Gasteiger partial charge in [-0.3, -0.25) is 0 Å². The lowest BCUT2D eigenvalue weighted by atomic mass is 10.1. The maximum Gasteiger partial charge on any atom is 0.0474 e. The van der Waals surface area contributed by atoms with E-state index in [0.717, 1.165) is 6.54 Å². The molecule has 0 amide bonds. The van der Waals surface area contributed by atoms with Gasteiger partial charge in [-0.15, -0.1) is 6.58 Å². The highest BCUT2D eigenvalue weighted by molar-refractivity contribution is 4.84.